The van der Waals surface area contributed by atoms with E-state index in [4.69, 9.17) is 0 Å². The average molecular weight is 333 g/mol. The van der Waals surface area contributed by atoms with Gasteiger partial charge >= 0.3 is 12.4 Å². The number of anilines is 2. The molecule has 0 aromatic carbocycles. The Labute approximate surface area is 121 Å². The van der Waals surface area contributed by atoms with Crippen LogP contribution < -0.4 is 10.2 Å². The highest BCUT2D eigenvalue weighted by Crippen LogP contribution is 2.22. The molecule has 1 unspecified atom stereocenters. The summed E-state index contributed by atoms with van der Waals surface area (Å²) >= 11 is 0. The van der Waals surface area contributed by atoms with Crippen LogP contribution in [0.25, 0.3) is 0 Å². The minimum atomic E-state index is -4.66. The maximum Gasteiger partial charge on any atom is 0.406 e. The van der Waals surface area contributed by atoms with Gasteiger partial charge in [-0.1, -0.05) is 0 Å². The lowest BCUT2D eigenvalue weighted by Gasteiger charge is -2.26. The summed E-state index contributed by atoms with van der Waals surface area (Å²) in [5.41, 5.74) is 0. The summed E-state index contributed by atoms with van der Waals surface area (Å²) in [5.74, 6) is -1.21. The Morgan fingerprint density at radius 1 is 1.09 bits per heavy atom. The second-order valence-corrected chi connectivity index (χ2v) is 4.35. The molecular weight excluding hydrogens is 320 g/mol. The van der Waals surface area contributed by atoms with Gasteiger partial charge in [-0.05, 0) is 13.8 Å². The number of alkyl halides is 6. The molecule has 12 heteroatoms. The van der Waals surface area contributed by atoms with Crippen LogP contribution in [0.1, 0.15) is 12.7 Å². The fraction of sp³-hybridized carbons (Fsp3) is 0.700. The summed E-state index contributed by atoms with van der Waals surface area (Å²) in [6.07, 6.45) is -10.8. The zero-order chi connectivity index (χ0) is 17.1. The largest absolute Gasteiger partial charge is 0.406 e. The fourth-order valence-electron chi connectivity index (χ4n) is 1.42. The number of rotatable bonds is 5. The standard InChI is InChI=1S/C10H13F6N5O/c1-5-18-7(17-3-9(11,12)13)20-8(19-5)21(6(2)22)4-10(14,15)16/h6,22H,3-4H2,1-2H3,(H,17,18,19,20). The predicted molar refractivity (Wildman–Crippen MR) is 64.2 cm³/mol. The van der Waals surface area contributed by atoms with E-state index >= 15 is 0 Å². The maximum absolute atomic E-state index is 12.5. The predicted octanol–water partition coefficient (Wildman–Crippen LogP) is 1.86. The molecule has 2 N–H and O–H groups in total. The number of halogens is 6. The minimum absolute atomic E-state index is 0.0949. The van der Waals surface area contributed by atoms with Crippen molar-refractivity contribution in [2.75, 3.05) is 23.3 Å². The van der Waals surface area contributed by atoms with E-state index in [0.29, 0.717) is 4.90 Å². The topological polar surface area (TPSA) is 74.2 Å². The lowest BCUT2D eigenvalue weighted by Crippen LogP contribution is -2.41. The van der Waals surface area contributed by atoms with Crippen molar-refractivity contribution in [2.45, 2.75) is 32.4 Å². The average Bonchev–Trinajstić information content (AvgIpc) is 2.30. The first-order valence-electron chi connectivity index (χ1n) is 5.92. The van der Waals surface area contributed by atoms with Crippen molar-refractivity contribution in [3.63, 3.8) is 0 Å². The molecule has 0 amide bonds. The Hall–Kier alpha value is -1.85. The molecule has 1 aromatic heterocycles. The first-order valence-corrected chi connectivity index (χ1v) is 5.92. The summed E-state index contributed by atoms with van der Waals surface area (Å²) in [6, 6.07) is 0. The van der Waals surface area contributed by atoms with Gasteiger partial charge in [0.15, 0.2) is 0 Å². The Morgan fingerprint density at radius 2 is 1.68 bits per heavy atom. The zero-order valence-electron chi connectivity index (χ0n) is 11.5. The molecular formula is C10H13F6N5O. The summed E-state index contributed by atoms with van der Waals surface area (Å²) in [6.45, 7) is -0.692. The first kappa shape index (κ1) is 18.2. The molecule has 0 radical (unpaired) electrons. The van der Waals surface area contributed by atoms with Crippen LogP contribution in [0.2, 0.25) is 0 Å². The van der Waals surface area contributed by atoms with Crippen molar-refractivity contribution in [1.29, 1.82) is 0 Å². The van der Waals surface area contributed by atoms with Crippen LogP contribution in [0, 0.1) is 6.92 Å². The van der Waals surface area contributed by atoms with E-state index in [1.165, 1.54) is 6.92 Å². The van der Waals surface area contributed by atoms with E-state index in [2.05, 4.69) is 15.0 Å². The molecule has 0 aliphatic rings. The van der Waals surface area contributed by atoms with E-state index < -0.39 is 43.6 Å². The number of aliphatic hydroxyl groups is 1. The van der Waals surface area contributed by atoms with Crippen molar-refractivity contribution in [3.8, 4) is 0 Å². The van der Waals surface area contributed by atoms with Crippen LogP contribution in [0.5, 0.6) is 0 Å². The van der Waals surface area contributed by atoms with E-state index in [-0.39, 0.29) is 5.82 Å². The summed E-state index contributed by atoms with van der Waals surface area (Å²) in [7, 11) is 0. The van der Waals surface area contributed by atoms with Crippen molar-refractivity contribution in [1.82, 2.24) is 15.0 Å². The van der Waals surface area contributed by atoms with Gasteiger partial charge in [0.1, 0.15) is 25.1 Å². The van der Waals surface area contributed by atoms with Crippen molar-refractivity contribution in [3.05, 3.63) is 5.82 Å². The van der Waals surface area contributed by atoms with Gasteiger partial charge in [0.05, 0.1) is 0 Å². The summed E-state index contributed by atoms with van der Waals surface area (Å²) in [4.78, 5) is 11.0. The first-order chi connectivity index (χ1) is 9.87. The molecule has 0 aliphatic heterocycles. The molecule has 1 aromatic rings. The monoisotopic (exact) mass is 333 g/mol. The molecule has 1 rings (SSSR count). The molecule has 0 fully saturated rings. The quantitative estimate of drug-likeness (QED) is 0.633. The van der Waals surface area contributed by atoms with Crippen molar-refractivity contribution < 1.29 is 31.4 Å². The maximum atomic E-state index is 12.5. The smallest absolute Gasteiger partial charge is 0.374 e. The molecule has 6 nitrogen and oxygen atoms in total. The van der Waals surface area contributed by atoms with Gasteiger partial charge in [-0.15, -0.1) is 0 Å². The highest BCUT2D eigenvalue weighted by atomic mass is 19.4. The Balaban J connectivity index is 3.04. The third-order valence-corrected chi connectivity index (χ3v) is 2.24. The number of nitrogens with zero attached hydrogens (tertiary/aromatic N) is 4. The highest BCUT2D eigenvalue weighted by Gasteiger charge is 2.34. The normalized spacial score (nSPS) is 13.9. The zero-order valence-corrected chi connectivity index (χ0v) is 11.5. The minimum Gasteiger partial charge on any atom is -0.374 e. The summed E-state index contributed by atoms with van der Waals surface area (Å²) in [5, 5.41) is 11.2. The Kier molecular flexibility index (Phi) is 5.38. The Bertz CT molecular complexity index is 504. The highest BCUT2D eigenvalue weighted by molar-refractivity contribution is 5.37. The number of hydrogen-bond donors (Lipinski definition) is 2. The molecule has 1 atom stereocenters. The lowest BCUT2D eigenvalue weighted by atomic mass is 10.4. The van der Waals surface area contributed by atoms with Gasteiger partial charge in [0.2, 0.25) is 11.9 Å². The van der Waals surface area contributed by atoms with Crippen molar-refractivity contribution in [2.24, 2.45) is 0 Å². The van der Waals surface area contributed by atoms with E-state index in [1.807, 2.05) is 5.32 Å². The molecule has 0 aliphatic carbocycles. The molecule has 22 heavy (non-hydrogen) atoms. The van der Waals surface area contributed by atoms with Crippen LogP contribution in [0.15, 0.2) is 0 Å². The molecule has 0 saturated carbocycles. The number of nitrogens with one attached hydrogen (secondary N) is 1. The van der Waals surface area contributed by atoms with Crippen LogP contribution in [0.4, 0.5) is 38.2 Å². The molecule has 0 bridgehead atoms. The number of aliphatic hydroxyl groups excluding tert-OH is 1. The number of aromatic nitrogens is 3. The van der Waals surface area contributed by atoms with Crippen LogP contribution in [-0.2, 0) is 0 Å². The van der Waals surface area contributed by atoms with Crippen LogP contribution in [-0.4, -0.2) is 51.7 Å². The van der Waals surface area contributed by atoms with Gasteiger partial charge in [0, 0.05) is 0 Å². The SMILES string of the molecule is Cc1nc(NCC(F)(F)F)nc(N(CC(F)(F)F)C(C)O)n1. The van der Waals surface area contributed by atoms with Gasteiger partial charge in [-0.25, -0.2) is 0 Å². The summed E-state index contributed by atoms with van der Waals surface area (Å²) < 4.78 is 73.8. The van der Waals surface area contributed by atoms with Gasteiger partial charge in [-0.2, -0.15) is 41.3 Å². The number of hydrogen-bond acceptors (Lipinski definition) is 6. The van der Waals surface area contributed by atoms with Gasteiger partial charge in [0.25, 0.3) is 0 Å². The fourth-order valence-corrected chi connectivity index (χ4v) is 1.42. The second-order valence-electron chi connectivity index (χ2n) is 4.35. The van der Waals surface area contributed by atoms with E-state index in [9.17, 15) is 31.4 Å². The van der Waals surface area contributed by atoms with Crippen LogP contribution >= 0.6 is 0 Å². The second kappa shape index (κ2) is 6.50. The number of aryl methyl sites for hydroxylation is 1. The lowest BCUT2D eigenvalue weighted by molar-refractivity contribution is -0.123. The molecule has 0 saturated heterocycles. The van der Waals surface area contributed by atoms with Crippen LogP contribution in [0.3, 0.4) is 0 Å². The third kappa shape index (κ3) is 6.28. The van der Waals surface area contributed by atoms with Crippen molar-refractivity contribution >= 4 is 11.9 Å². The molecule has 0 spiro atoms. The molecule has 126 valence electrons. The van der Waals surface area contributed by atoms with E-state index in [1.54, 1.807) is 0 Å². The van der Waals surface area contributed by atoms with E-state index in [0.717, 1.165) is 6.92 Å². The third-order valence-electron chi connectivity index (χ3n) is 2.24. The Morgan fingerprint density at radius 3 is 2.14 bits per heavy atom. The van der Waals surface area contributed by atoms with Gasteiger partial charge in [-0.3, -0.25) is 0 Å². The molecule has 1 heterocycles. The van der Waals surface area contributed by atoms with Gasteiger partial charge < -0.3 is 15.3 Å².